The van der Waals surface area contributed by atoms with Gasteiger partial charge in [-0.25, -0.2) is 14.4 Å². The zero-order valence-corrected chi connectivity index (χ0v) is 21.2. The van der Waals surface area contributed by atoms with Gasteiger partial charge in [0.2, 0.25) is 5.95 Å². The van der Waals surface area contributed by atoms with E-state index >= 15 is 0 Å². The fourth-order valence-corrected chi connectivity index (χ4v) is 4.72. The number of hydrogen-bond acceptors (Lipinski definition) is 8. The largest absolute Gasteiger partial charge is 0.368 e. The van der Waals surface area contributed by atoms with Crippen LogP contribution in [0.4, 0.5) is 16.2 Å². The van der Waals surface area contributed by atoms with E-state index in [-0.39, 0.29) is 28.7 Å². The number of aromatic nitrogens is 5. The molecule has 40 heavy (non-hydrogen) atoms. The first-order chi connectivity index (χ1) is 19.4. The molecule has 0 spiro atoms. The highest BCUT2D eigenvalue weighted by molar-refractivity contribution is 5.96. The van der Waals surface area contributed by atoms with E-state index in [9.17, 15) is 14.4 Å². The molecule has 0 amide bonds. The van der Waals surface area contributed by atoms with Crippen LogP contribution in [-0.2, 0) is 0 Å². The molecule has 3 N–H and O–H groups in total. The van der Waals surface area contributed by atoms with Crippen LogP contribution in [0.15, 0.2) is 90.0 Å². The lowest BCUT2D eigenvalue weighted by atomic mass is 10.0. The third-order valence-corrected chi connectivity index (χ3v) is 6.56. The van der Waals surface area contributed by atoms with E-state index in [1.807, 2.05) is 48.5 Å². The third kappa shape index (κ3) is 4.35. The fourth-order valence-electron chi connectivity index (χ4n) is 4.72. The summed E-state index contributed by atoms with van der Waals surface area (Å²) in [6, 6.07) is 22.3. The van der Waals surface area contributed by atoms with Crippen molar-refractivity contribution in [2.75, 3.05) is 11.1 Å². The molecule has 0 fully saturated rings. The van der Waals surface area contributed by atoms with Gasteiger partial charge in [0, 0.05) is 17.1 Å². The minimum absolute atomic E-state index is 0.0173. The normalized spacial score (nSPS) is 11.8. The number of nitrogens with zero attached hydrogens (tertiary/aromatic N) is 6. The maximum Gasteiger partial charge on any atom is 0.266 e. The van der Waals surface area contributed by atoms with Gasteiger partial charge >= 0.3 is 0 Å². The van der Waals surface area contributed by atoms with Crippen LogP contribution in [0.2, 0.25) is 0 Å². The second kappa shape index (κ2) is 9.89. The van der Waals surface area contributed by atoms with Crippen LogP contribution < -0.4 is 16.6 Å². The van der Waals surface area contributed by atoms with Gasteiger partial charge in [-0.2, -0.15) is 10.2 Å². The highest BCUT2D eigenvalue weighted by Gasteiger charge is 2.22. The van der Waals surface area contributed by atoms with Crippen molar-refractivity contribution in [3.8, 4) is 22.9 Å². The number of halogens is 1. The lowest BCUT2D eigenvalue weighted by Crippen LogP contribution is -2.28. The first kappa shape index (κ1) is 24.6. The molecule has 3 heterocycles. The summed E-state index contributed by atoms with van der Waals surface area (Å²) in [5.74, 6) is -0.0358. The van der Waals surface area contributed by atoms with Gasteiger partial charge in [0.25, 0.3) is 5.56 Å². The smallest absolute Gasteiger partial charge is 0.266 e. The Morgan fingerprint density at radius 1 is 0.975 bits per heavy atom. The quantitative estimate of drug-likeness (QED) is 0.313. The topological polar surface area (TPSA) is 135 Å². The predicted molar refractivity (Wildman–Crippen MR) is 151 cm³/mol. The molecule has 0 saturated heterocycles. The van der Waals surface area contributed by atoms with E-state index in [1.165, 1.54) is 29.0 Å². The number of nitriles is 1. The second-order valence-corrected chi connectivity index (χ2v) is 9.18. The standard InChI is InChI=1S/C30H21FN8O/c1-17(36-27-20(14-32)16-35-30(33)38-27)28-37-25-11-5-9-23(19-12-18-6-2-3-10-24(18)34-15-19)26(25)29(40)39(28)22-8-4-7-21(31)13-22/h2-13,15-17H,1H3,(H3,33,35,36,38)/t17-/m1/s1. The van der Waals surface area contributed by atoms with E-state index in [1.54, 1.807) is 25.3 Å². The molecule has 0 bridgehead atoms. The summed E-state index contributed by atoms with van der Waals surface area (Å²) in [5, 5.41) is 13.9. The first-order valence-electron chi connectivity index (χ1n) is 12.4. The SMILES string of the molecule is C[C@@H](Nc1nc(N)ncc1C#N)c1nc2cccc(-c3cnc4ccccc4c3)c2c(=O)n1-c1cccc(F)c1. The van der Waals surface area contributed by atoms with Crippen LogP contribution in [0, 0.1) is 17.1 Å². The molecule has 0 aliphatic heterocycles. The van der Waals surface area contributed by atoms with Crippen LogP contribution in [0.5, 0.6) is 0 Å². The molecule has 1 atom stereocenters. The highest BCUT2D eigenvalue weighted by Crippen LogP contribution is 2.30. The van der Waals surface area contributed by atoms with Crippen molar-refractivity contribution in [1.29, 1.82) is 5.26 Å². The monoisotopic (exact) mass is 528 g/mol. The fraction of sp³-hybridized carbons (Fsp3) is 0.0667. The van der Waals surface area contributed by atoms with E-state index in [4.69, 9.17) is 10.7 Å². The summed E-state index contributed by atoms with van der Waals surface area (Å²) in [7, 11) is 0. The molecule has 3 aromatic heterocycles. The number of hydrogen-bond donors (Lipinski definition) is 2. The first-order valence-corrected chi connectivity index (χ1v) is 12.4. The molecular formula is C30H21FN8O. The second-order valence-electron chi connectivity index (χ2n) is 9.18. The van der Waals surface area contributed by atoms with Crippen molar-refractivity contribution >= 4 is 33.6 Å². The summed E-state index contributed by atoms with van der Waals surface area (Å²) in [6.07, 6.45) is 3.04. The molecule has 0 aliphatic carbocycles. The number of pyridine rings is 1. The number of fused-ring (bicyclic) bond motifs is 2. The van der Waals surface area contributed by atoms with Crippen molar-refractivity contribution in [1.82, 2.24) is 24.5 Å². The molecule has 0 saturated carbocycles. The Morgan fingerprint density at radius 2 is 1.77 bits per heavy atom. The molecular weight excluding hydrogens is 507 g/mol. The van der Waals surface area contributed by atoms with Gasteiger partial charge in [-0.1, -0.05) is 36.4 Å². The summed E-state index contributed by atoms with van der Waals surface area (Å²) in [5.41, 5.74) is 8.54. The molecule has 6 rings (SSSR count). The van der Waals surface area contributed by atoms with Crippen LogP contribution in [-0.4, -0.2) is 24.5 Å². The molecule has 10 heteroatoms. The number of anilines is 2. The highest BCUT2D eigenvalue weighted by atomic mass is 19.1. The summed E-state index contributed by atoms with van der Waals surface area (Å²) < 4.78 is 15.8. The Kier molecular flexibility index (Phi) is 6.09. The minimum Gasteiger partial charge on any atom is -0.368 e. The number of para-hydroxylation sites is 1. The maximum atomic E-state index is 14.4. The van der Waals surface area contributed by atoms with Gasteiger partial charge in [-0.3, -0.25) is 14.3 Å². The average molecular weight is 529 g/mol. The molecule has 9 nitrogen and oxygen atoms in total. The van der Waals surface area contributed by atoms with Gasteiger partial charge in [0.15, 0.2) is 0 Å². The van der Waals surface area contributed by atoms with Crippen molar-refractivity contribution in [3.05, 3.63) is 113 Å². The predicted octanol–water partition coefficient (Wildman–Crippen LogP) is 5.16. The van der Waals surface area contributed by atoms with E-state index in [0.29, 0.717) is 22.2 Å². The van der Waals surface area contributed by atoms with Crippen molar-refractivity contribution < 1.29 is 4.39 Å². The summed E-state index contributed by atoms with van der Waals surface area (Å²) in [4.78, 5) is 31.7. The van der Waals surface area contributed by atoms with Crippen molar-refractivity contribution in [2.24, 2.45) is 0 Å². The van der Waals surface area contributed by atoms with Crippen LogP contribution in [0.3, 0.4) is 0 Å². The Labute approximate surface area is 227 Å². The zero-order valence-electron chi connectivity index (χ0n) is 21.2. The number of nitrogens with one attached hydrogen (secondary N) is 1. The summed E-state index contributed by atoms with van der Waals surface area (Å²) >= 11 is 0. The Morgan fingerprint density at radius 3 is 2.60 bits per heavy atom. The number of nitrogens with two attached hydrogens (primary N) is 1. The van der Waals surface area contributed by atoms with Gasteiger partial charge < -0.3 is 11.1 Å². The Bertz CT molecular complexity index is 2030. The van der Waals surface area contributed by atoms with E-state index in [2.05, 4.69) is 20.3 Å². The number of nitrogen functional groups attached to an aromatic ring is 1. The lowest BCUT2D eigenvalue weighted by molar-refractivity contribution is 0.624. The van der Waals surface area contributed by atoms with Crippen molar-refractivity contribution in [2.45, 2.75) is 13.0 Å². The average Bonchev–Trinajstić information content (AvgIpc) is 2.96. The molecule has 194 valence electrons. The van der Waals surface area contributed by atoms with Crippen LogP contribution in [0.25, 0.3) is 38.6 Å². The lowest BCUT2D eigenvalue weighted by Gasteiger charge is -2.21. The maximum absolute atomic E-state index is 14.4. The van der Waals surface area contributed by atoms with E-state index < -0.39 is 11.9 Å². The Balaban J connectivity index is 1.59. The van der Waals surface area contributed by atoms with Gasteiger partial charge in [-0.05, 0) is 48.9 Å². The number of rotatable bonds is 5. The van der Waals surface area contributed by atoms with Crippen molar-refractivity contribution in [3.63, 3.8) is 0 Å². The van der Waals surface area contributed by atoms with Gasteiger partial charge in [-0.15, -0.1) is 0 Å². The van der Waals surface area contributed by atoms with Crippen LogP contribution in [0.1, 0.15) is 24.4 Å². The molecule has 0 aliphatic rings. The van der Waals surface area contributed by atoms with Gasteiger partial charge in [0.1, 0.15) is 29.1 Å². The third-order valence-electron chi connectivity index (χ3n) is 6.56. The van der Waals surface area contributed by atoms with Crippen LogP contribution >= 0.6 is 0 Å². The van der Waals surface area contributed by atoms with E-state index in [0.717, 1.165) is 16.5 Å². The summed E-state index contributed by atoms with van der Waals surface area (Å²) in [6.45, 7) is 1.76. The molecule has 6 aromatic rings. The Hall–Kier alpha value is -5.69. The molecule has 3 aromatic carbocycles. The molecule has 0 unspecified atom stereocenters. The number of benzene rings is 3. The minimum atomic E-state index is -0.646. The van der Waals surface area contributed by atoms with Gasteiger partial charge in [0.05, 0.1) is 34.3 Å². The molecule has 0 radical (unpaired) electrons. The zero-order chi connectivity index (χ0) is 27.8.